The molecule has 1 aromatic rings. The number of hydrogen-bond acceptors (Lipinski definition) is 5. The summed E-state index contributed by atoms with van der Waals surface area (Å²) in [6.45, 7) is 0.377. The smallest absolute Gasteiger partial charge is 0.303 e. The lowest BCUT2D eigenvalue weighted by Gasteiger charge is -2.21. The van der Waals surface area contributed by atoms with Gasteiger partial charge in [-0.15, -0.1) is 0 Å². The van der Waals surface area contributed by atoms with Crippen LogP contribution in [0.15, 0.2) is 30.4 Å². The van der Waals surface area contributed by atoms with Gasteiger partial charge in [0.15, 0.2) is 11.6 Å². The Balaban J connectivity index is 1.50. The Morgan fingerprint density at radius 2 is 2.13 bits per heavy atom. The van der Waals surface area contributed by atoms with Crippen LogP contribution in [0.3, 0.4) is 0 Å². The molecule has 1 aliphatic heterocycles. The van der Waals surface area contributed by atoms with E-state index in [4.69, 9.17) is 14.6 Å². The highest BCUT2D eigenvalue weighted by atomic mass is 19.1. The molecule has 172 valence electrons. The zero-order chi connectivity index (χ0) is 22.4. The second kappa shape index (κ2) is 11.0. The number of aliphatic hydroxyl groups excluding tert-OH is 2. The molecule has 1 saturated carbocycles. The lowest BCUT2D eigenvalue weighted by atomic mass is 9.86. The van der Waals surface area contributed by atoms with Crippen LogP contribution in [0.5, 0.6) is 5.75 Å². The number of aliphatic hydroxyl groups is 2. The summed E-state index contributed by atoms with van der Waals surface area (Å²) < 4.78 is 37.8. The first-order chi connectivity index (χ1) is 14.8. The molecule has 0 bridgehead atoms. The van der Waals surface area contributed by atoms with Crippen LogP contribution in [0.1, 0.15) is 38.5 Å². The van der Waals surface area contributed by atoms with E-state index in [-0.39, 0.29) is 36.7 Å². The fourth-order valence-electron chi connectivity index (χ4n) is 4.56. The van der Waals surface area contributed by atoms with Gasteiger partial charge in [-0.25, -0.2) is 8.78 Å². The van der Waals surface area contributed by atoms with Gasteiger partial charge in [0, 0.05) is 31.4 Å². The first kappa shape index (κ1) is 23.6. The van der Waals surface area contributed by atoms with Crippen LogP contribution in [0, 0.1) is 29.4 Å². The predicted octanol–water partition coefficient (Wildman–Crippen LogP) is 3.31. The lowest BCUT2D eigenvalue weighted by molar-refractivity contribution is -0.137. The molecule has 2 fully saturated rings. The highest BCUT2D eigenvalue weighted by Gasteiger charge is 2.43. The fraction of sp³-hybridized carbons (Fsp3) is 0.609. The van der Waals surface area contributed by atoms with Gasteiger partial charge >= 0.3 is 5.97 Å². The van der Waals surface area contributed by atoms with Crippen molar-refractivity contribution in [2.24, 2.45) is 17.8 Å². The summed E-state index contributed by atoms with van der Waals surface area (Å²) in [6, 6.07) is 2.96. The molecule has 8 heteroatoms. The summed E-state index contributed by atoms with van der Waals surface area (Å²) in [5, 5.41) is 29.4. The van der Waals surface area contributed by atoms with Crippen molar-refractivity contribution in [2.75, 3.05) is 13.2 Å². The van der Waals surface area contributed by atoms with Crippen LogP contribution < -0.4 is 4.74 Å². The number of halogens is 2. The predicted molar refractivity (Wildman–Crippen MR) is 109 cm³/mol. The molecule has 0 radical (unpaired) electrons. The van der Waals surface area contributed by atoms with Crippen LogP contribution in [0.25, 0.3) is 0 Å². The number of carbonyl (C=O) groups is 1. The lowest BCUT2D eigenvalue weighted by Crippen LogP contribution is -2.22. The van der Waals surface area contributed by atoms with Crippen LogP contribution in [-0.4, -0.2) is 52.8 Å². The Hall–Kier alpha value is -2.03. The Labute approximate surface area is 180 Å². The largest absolute Gasteiger partial charge is 0.487 e. The average molecular weight is 440 g/mol. The quantitative estimate of drug-likeness (QED) is 0.510. The maximum absolute atomic E-state index is 13.6. The maximum atomic E-state index is 13.6. The van der Waals surface area contributed by atoms with Crippen molar-refractivity contribution in [1.82, 2.24) is 0 Å². The van der Waals surface area contributed by atoms with Crippen molar-refractivity contribution >= 4 is 5.97 Å². The van der Waals surface area contributed by atoms with Gasteiger partial charge in [0.05, 0.1) is 12.2 Å². The molecule has 6 atom stereocenters. The van der Waals surface area contributed by atoms with Crippen LogP contribution in [-0.2, 0) is 9.53 Å². The SMILES string of the molecule is O=C(O)CCC[C@H]1CC[C@@H]2[C@@H](C=C[C@@H](O)COc3ccc(F)cc3F)[C@H](O)C[C@@H]2OC1. The molecular weight excluding hydrogens is 410 g/mol. The number of carboxylic acid groups (broad SMARTS) is 1. The van der Waals surface area contributed by atoms with E-state index in [9.17, 15) is 23.8 Å². The van der Waals surface area contributed by atoms with Crippen molar-refractivity contribution in [3.8, 4) is 5.75 Å². The summed E-state index contributed by atoms with van der Waals surface area (Å²) in [6.07, 6.45) is 5.57. The third-order valence-electron chi connectivity index (χ3n) is 6.21. The molecule has 0 spiro atoms. The van der Waals surface area contributed by atoms with Gasteiger partial charge < -0.3 is 24.8 Å². The Bertz CT molecular complexity index is 770. The molecule has 1 aliphatic carbocycles. The average Bonchev–Trinajstić information content (AvgIpc) is 2.87. The Morgan fingerprint density at radius 1 is 1.32 bits per heavy atom. The molecule has 0 unspecified atom stereocenters. The molecule has 2 aliphatic rings. The second-order valence-corrected chi connectivity index (χ2v) is 8.48. The van der Waals surface area contributed by atoms with E-state index in [2.05, 4.69) is 0 Å². The van der Waals surface area contributed by atoms with Gasteiger partial charge in [-0.3, -0.25) is 4.79 Å². The van der Waals surface area contributed by atoms with Gasteiger partial charge in [0.2, 0.25) is 0 Å². The van der Waals surface area contributed by atoms with E-state index in [1.807, 2.05) is 0 Å². The highest BCUT2D eigenvalue weighted by Crippen LogP contribution is 2.42. The molecule has 0 aromatic heterocycles. The molecule has 1 saturated heterocycles. The number of fused-ring (bicyclic) bond motifs is 1. The van der Waals surface area contributed by atoms with Crippen molar-refractivity contribution in [2.45, 2.75) is 56.8 Å². The molecule has 0 amide bonds. The van der Waals surface area contributed by atoms with E-state index in [0.29, 0.717) is 31.4 Å². The van der Waals surface area contributed by atoms with Crippen molar-refractivity contribution in [3.63, 3.8) is 0 Å². The normalized spacial score (nSPS) is 29.5. The monoisotopic (exact) mass is 440 g/mol. The third-order valence-corrected chi connectivity index (χ3v) is 6.21. The number of carboxylic acids is 1. The minimum atomic E-state index is -1.01. The van der Waals surface area contributed by atoms with E-state index >= 15 is 0 Å². The summed E-state index contributed by atoms with van der Waals surface area (Å²) in [7, 11) is 0. The van der Waals surface area contributed by atoms with Crippen molar-refractivity contribution in [3.05, 3.63) is 42.0 Å². The highest BCUT2D eigenvalue weighted by molar-refractivity contribution is 5.66. The standard InChI is InChI=1S/C23H30F2O6/c24-15-5-9-21(19(25)10-15)31-13-16(26)6-8-17-18-7-4-14(2-1-3-23(28)29)12-30-22(18)11-20(17)27/h5-6,8-10,14,16-18,20,22,26-27H,1-4,7,11-13H2,(H,28,29)/t14-,16+,17+,18+,20+,22-/m0/s1. The molecule has 1 heterocycles. The van der Waals surface area contributed by atoms with Crippen LogP contribution in [0.4, 0.5) is 8.78 Å². The molecule has 3 rings (SSSR count). The molecule has 6 nitrogen and oxygen atoms in total. The van der Waals surface area contributed by atoms with Gasteiger partial charge in [0.25, 0.3) is 0 Å². The second-order valence-electron chi connectivity index (χ2n) is 8.48. The van der Waals surface area contributed by atoms with Gasteiger partial charge in [0.1, 0.15) is 18.5 Å². The molecular formula is C23H30F2O6. The Kier molecular flexibility index (Phi) is 8.40. The van der Waals surface area contributed by atoms with Crippen LogP contribution >= 0.6 is 0 Å². The minimum absolute atomic E-state index is 0.0594. The van der Waals surface area contributed by atoms with E-state index in [1.165, 1.54) is 12.1 Å². The van der Waals surface area contributed by atoms with Gasteiger partial charge in [-0.1, -0.05) is 12.2 Å². The third kappa shape index (κ3) is 6.72. The van der Waals surface area contributed by atoms with E-state index in [0.717, 1.165) is 25.3 Å². The molecule has 3 N–H and O–H groups in total. The molecule has 1 aromatic carbocycles. The Morgan fingerprint density at radius 3 is 2.87 bits per heavy atom. The van der Waals surface area contributed by atoms with E-state index in [1.54, 1.807) is 6.08 Å². The zero-order valence-electron chi connectivity index (χ0n) is 17.3. The van der Waals surface area contributed by atoms with Gasteiger partial charge in [-0.05, 0) is 49.7 Å². The topological polar surface area (TPSA) is 96.2 Å². The van der Waals surface area contributed by atoms with Gasteiger partial charge in [-0.2, -0.15) is 0 Å². The first-order valence-electron chi connectivity index (χ1n) is 10.8. The first-order valence-corrected chi connectivity index (χ1v) is 10.8. The number of rotatable bonds is 9. The summed E-state index contributed by atoms with van der Waals surface area (Å²) in [5.74, 6) is -2.19. The van der Waals surface area contributed by atoms with E-state index < -0.39 is 29.8 Å². The molecule has 31 heavy (non-hydrogen) atoms. The van der Waals surface area contributed by atoms with Crippen molar-refractivity contribution < 1.29 is 38.4 Å². The van der Waals surface area contributed by atoms with Crippen LogP contribution in [0.2, 0.25) is 0 Å². The number of hydrogen-bond donors (Lipinski definition) is 3. The summed E-state index contributed by atoms with van der Waals surface area (Å²) >= 11 is 0. The number of benzene rings is 1. The number of ether oxygens (including phenoxy) is 2. The zero-order valence-corrected chi connectivity index (χ0v) is 17.3. The minimum Gasteiger partial charge on any atom is -0.487 e. The maximum Gasteiger partial charge on any atom is 0.303 e. The number of aliphatic carboxylic acids is 1. The fourth-order valence-corrected chi connectivity index (χ4v) is 4.56. The summed E-state index contributed by atoms with van der Waals surface area (Å²) in [5.41, 5.74) is 0. The van der Waals surface area contributed by atoms with Crippen molar-refractivity contribution in [1.29, 1.82) is 0 Å². The summed E-state index contributed by atoms with van der Waals surface area (Å²) in [4.78, 5) is 10.7.